The molecule has 1 amide bonds. The second kappa shape index (κ2) is 9.93. The van der Waals surface area contributed by atoms with Crippen LogP contribution in [0.2, 0.25) is 0 Å². The molecule has 5 atom stereocenters. The van der Waals surface area contributed by atoms with Crippen LogP contribution in [0.3, 0.4) is 0 Å². The highest BCUT2D eigenvalue weighted by molar-refractivity contribution is 8.00. The molecule has 41 heavy (non-hydrogen) atoms. The summed E-state index contributed by atoms with van der Waals surface area (Å²) in [6, 6.07) is 4.30. The van der Waals surface area contributed by atoms with Crippen LogP contribution in [-0.4, -0.2) is 59.5 Å². The Kier molecular flexibility index (Phi) is 7.12. The smallest absolute Gasteiger partial charge is 0.462 e. The van der Waals surface area contributed by atoms with Gasteiger partial charge in [0.05, 0.1) is 18.3 Å². The largest absolute Gasteiger partial charge is 0.486 e. The van der Waals surface area contributed by atoms with Gasteiger partial charge in [0.15, 0.2) is 0 Å². The number of fused-ring (bicyclic) bond motifs is 1. The summed E-state index contributed by atoms with van der Waals surface area (Å²) in [6.07, 6.45) is 4.34. The first kappa shape index (κ1) is 29.4. The molecule has 1 aromatic rings. The van der Waals surface area contributed by atoms with E-state index in [9.17, 15) is 4.79 Å². The molecule has 7 rings (SSSR count). The molecule has 3 saturated carbocycles. The normalized spacial score (nSPS) is 32.5. The fraction of sp³-hybridized carbons (Fsp3) is 0.719. The number of likely N-dealkylation sites (tertiary alicyclic amines) is 1. The van der Waals surface area contributed by atoms with Crippen molar-refractivity contribution in [2.45, 2.75) is 115 Å². The maximum absolute atomic E-state index is 12.4. The lowest BCUT2D eigenvalue weighted by molar-refractivity contribution is -0.199. The van der Waals surface area contributed by atoms with Gasteiger partial charge in [0.1, 0.15) is 11.4 Å². The van der Waals surface area contributed by atoms with Crippen LogP contribution in [0, 0.1) is 23.2 Å². The number of thioether (sulfide) groups is 1. The van der Waals surface area contributed by atoms with Crippen LogP contribution in [0.15, 0.2) is 23.0 Å². The van der Waals surface area contributed by atoms with Gasteiger partial charge in [0.2, 0.25) is 5.79 Å². The maximum atomic E-state index is 12.4. The van der Waals surface area contributed by atoms with Crippen molar-refractivity contribution in [3.63, 3.8) is 0 Å². The summed E-state index contributed by atoms with van der Waals surface area (Å²) in [6.45, 7) is 20.8. The van der Waals surface area contributed by atoms with E-state index in [4.69, 9.17) is 23.5 Å². The van der Waals surface area contributed by atoms with Gasteiger partial charge in [-0.2, -0.15) is 0 Å². The number of ether oxygens (including phenoxy) is 3. The lowest BCUT2D eigenvalue weighted by Crippen LogP contribution is -2.65. The average molecular weight is 584 g/mol. The van der Waals surface area contributed by atoms with Gasteiger partial charge in [-0.1, -0.05) is 38.9 Å². The SMILES string of the molecule is CC(Sc1ccc(/C=C\B2O[C@H]3C[C@H]4C[C@H](C4(C)C)[C@]3(C)O2)c2c1COC(C)(C)O2)C1CN(C(=O)OC(C)(C)C)C1. The summed E-state index contributed by atoms with van der Waals surface area (Å²) in [5.74, 6) is 3.88. The minimum absolute atomic E-state index is 0.157. The number of rotatable bonds is 5. The summed E-state index contributed by atoms with van der Waals surface area (Å²) in [5.41, 5.74) is 1.70. The van der Waals surface area contributed by atoms with Crippen LogP contribution in [0.1, 0.15) is 86.3 Å². The van der Waals surface area contributed by atoms with Crippen molar-refractivity contribution in [1.29, 1.82) is 0 Å². The van der Waals surface area contributed by atoms with Crippen molar-refractivity contribution < 1.29 is 28.3 Å². The van der Waals surface area contributed by atoms with Crippen LogP contribution < -0.4 is 4.74 Å². The average Bonchev–Trinajstić information content (AvgIpc) is 3.16. The third-order valence-corrected chi connectivity index (χ3v) is 11.5. The lowest BCUT2D eigenvalue weighted by atomic mass is 9.43. The van der Waals surface area contributed by atoms with Crippen molar-refractivity contribution in [2.24, 2.45) is 23.2 Å². The van der Waals surface area contributed by atoms with E-state index < -0.39 is 11.4 Å². The zero-order chi connectivity index (χ0) is 29.5. The molecule has 1 unspecified atom stereocenters. The summed E-state index contributed by atoms with van der Waals surface area (Å²) >= 11 is 1.83. The molecule has 3 aliphatic heterocycles. The van der Waals surface area contributed by atoms with Crippen molar-refractivity contribution in [2.75, 3.05) is 13.1 Å². The predicted octanol–water partition coefficient (Wildman–Crippen LogP) is 6.96. The number of amides is 1. The summed E-state index contributed by atoms with van der Waals surface area (Å²) in [4.78, 5) is 15.3. The Hall–Kier alpha value is -1.68. The zero-order valence-corrected chi connectivity index (χ0v) is 26.9. The Labute approximate surface area is 250 Å². The van der Waals surface area contributed by atoms with Crippen molar-refractivity contribution in [3.8, 4) is 5.75 Å². The second-order valence-electron chi connectivity index (χ2n) is 14.9. The van der Waals surface area contributed by atoms with Crippen molar-refractivity contribution in [3.05, 3.63) is 29.2 Å². The Morgan fingerprint density at radius 1 is 1.17 bits per heavy atom. The standard InChI is InChI=1S/C32H46BNO6S/c1-19(21-16-34(17-21)28(35)38-29(2,3)4)41-24-11-10-20(27-23(24)18-36-31(7,8)37-27)12-13-33-39-26-15-22-14-25(30(22,5)6)32(26,9)40-33/h10-13,19,21-22,25-26H,14-18H2,1-9H3/b13-12-/t19?,22-,25-,26+,32+/m1/s1. The maximum Gasteiger partial charge on any atom is 0.486 e. The Bertz CT molecular complexity index is 1240. The van der Waals surface area contributed by atoms with Gasteiger partial charge in [-0.15, -0.1) is 11.8 Å². The van der Waals surface area contributed by atoms with Gasteiger partial charge in [-0.05, 0) is 63.9 Å². The lowest BCUT2D eigenvalue weighted by Gasteiger charge is -2.64. The number of hydrogen-bond donors (Lipinski definition) is 0. The minimum Gasteiger partial charge on any atom is -0.462 e. The van der Waals surface area contributed by atoms with E-state index in [2.05, 4.69) is 45.9 Å². The first-order valence-electron chi connectivity index (χ1n) is 15.2. The van der Waals surface area contributed by atoms with E-state index in [1.807, 2.05) is 52.4 Å². The van der Waals surface area contributed by atoms with Gasteiger partial charge >= 0.3 is 13.2 Å². The van der Waals surface area contributed by atoms with Crippen LogP contribution in [-0.2, 0) is 25.4 Å². The number of hydrogen-bond acceptors (Lipinski definition) is 7. The van der Waals surface area contributed by atoms with E-state index in [1.54, 1.807) is 4.90 Å². The van der Waals surface area contributed by atoms with Crippen LogP contribution in [0.4, 0.5) is 4.79 Å². The minimum atomic E-state index is -0.707. The topological polar surface area (TPSA) is 66.5 Å². The number of nitrogens with zero attached hydrogens (tertiary/aromatic N) is 1. The molecule has 6 aliphatic rings. The Morgan fingerprint density at radius 2 is 1.90 bits per heavy atom. The van der Waals surface area contributed by atoms with Crippen LogP contribution in [0.5, 0.6) is 5.75 Å². The summed E-state index contributed by atoms with van der Waals surface area (Å²) < 4.78 is 31.0. The summed E-state index contributed by atoms with van der Waals surface area (Å²) in [7, 11) is -0.357. The molecule has 3 aliphatic carbocycles. The molecule has 1 aromatic carbocycles. The molecule has 0 spiro atoms. The van der Waals surface area contributed by atoms with Crippen LogP contribution in [0.25, 0.3) is 6.08 Å². The third-order valence-electron chi connectivity index (χ3n) is 10.1. The highest BCUT2D eigenvalue weighted by Gasteiger charge is 2.67. The molecule has 9 heteroatoms. The van der Waals surface area contributed by atoms with Gasteiger partial charge in [-0.3, -0.25) is 0 Å². The summed E-state index contributed by atoms with van der Waals surface area (Å²) in [5, 5.41) is 0.328. The predicted molar refractivity (Wildman–Crippen MR) is 162 cm³/mol. The molecule has 0 radical (unpaired) electrons. The van der Waals surface area contributed by atoms with Gasteiger partial charge in [-0.25, -0.2) is 4.79 Å². The van der Waals surface area contributed by atoms with Gasteiger partial charge in [0, 0.05) is 54.1 Å². The van der Waals surface area contributed by atoms with Gasteiger partial charge in [0.25, 0.3) is 0 Å². The monoisotopic (exact) mass is 583 g/mol. The first-order valence-corrected chi connectivity index (χ1v) is 16.1. The molecule has 0 N–H and O–H groups in total. The molecule has 7 nitrogen and oxygen atoms in total. The molecule has 5 fully saturated rings. The van der Waals surface area contributed by atoms with Crippen LogP contribution >= 0.6 is 11.8 Å². The molecule has 0 aromatic heterocycles. The first-order chi connectivity index (χ1) is 19.1. The molecular weight excluding hydrogens is 537 g/mol. The number of carbonyl (C=O) groups is 1. The second-order valence-corrected chi connectivity index (χ2v) is 16.3. The molecule has 2 saturated heterocycles. The number of benzene rings is 1. The van der Waals surface area contributed by atoms with E-state index >= 15 is 0 Å². The molecule has 2 bridgehead atoms. The highest BCUT2D eigenvalue weighted by atomic mass is 32.2. The Morgan fingerprint density at radius 3 is 2.59 bits per heavy atom. The van der Waals surface area contributed by atoms with Crippen molar-refractivity contribution in [1.82, 2.24) is 4.90 Å². The molecular formula is C32H46BNO6S. The molecule has 3 heterocycles. The Balaban J connectivity index is 1.15. The number of carbonyl (C=O) groups excluding carboxylic acids is 1. The van der Waals surface area contributed by atoms with Crippen molar-refractivity contribution >= 4 is 31.0 Å². The van der Waals surface area contributed by atoms with E-state index in [-0.39, 0.29) is 24.9 Å². The van der Waals surface area contributed by atoms with E-state index in [0.717, 1.165) is 34.1 Å². The third kappa shape index (κ3) is 5.34. The van der Waals surface area contributed by atoms with Gasteiger partial charge < -0.3 is 28.4 Å². The fourth-order valence-corrected chi connectivity index (χ4v) is 8.60. The highest BCUT2D eigenvalue weighted by Crippen LogP contribution is 2.65. The molecule has 224 valence electrons. The fourth-order valence-electron chi connectivity index (χ4n) is 7.39. The van der Waals surface area contributed by atoms with E-state index in [0.29, 0.717) is 42.2 Å². The zero-order valence-electron chi connectivity index (χ0n) is 26.1. The quantitative estimate of drug-likeness (QED) is 0.274. The van der Waals surface area contributed by atoms with E-state index in [1.165, 1.54) is 6.42 Å².